The van der Waals surface area contributed by atoms with E-state index in [9.17, 15) is 48.3 Å². The monoisotopic (exact) mass is 384 g/mol. The van der Waals surface area contributed by atoms with Crippen LogP contribution in [0.4, 0.5) is 48.3 Å². The molecule has 1 unspecified atom stereocenters. The highest BCUT2D eigenvalue weighted by Crippen LogP contribution is 2.57. The van der Waals surface area contributed by atoms with Crippen LogP contribution in [0.2, 0.25) is 0 Å². The van der Waals surface area contributed by atoms with E-state index in [1.54, 1.807) is 0 Å². The third-order valence-corrected chi connectivity index (χ3v) is 3.22. The van der Waals surface area contributed by atoms with Gasteiger partial charge >= 0.3 is 29.9 Å². The molecule has 2 nitrogen and oxygen atoms in total. The summed E-state index contributed by atoms with van der Waals surface area (Å²) in [5, 5.41) is 0. The molecule has 24 heavy (non-hydrogen) atoms. The molecule has 1 aliphatic heterocycles. The summed E-state index contributed by atoms with van der Waals surface area (Å²) >= 11 is 0. The summed E-state index contributed by atoms with van der Waals surface area (Å²) in [5.41, 5.74) is 0. The number of alkyl halides is 11. The van der Waals surface area contributed by atoms with Crippen LogP contribution >= 0.6 is 0 Å². The second kappa shape index (κ2) is 6.46. The lowest BCUT2D eigenvalue weighted by atomic mass is 9.98. The van der Waals surface area contributed by atoms with Gasteiger partial charge < -0.3 is 9.47 Å². The quantitative estimate of drug-likeness (QED) is 0.610. The Bertz CT molecular complexity index is 426. The molecule has 0 saturated carbocycles. The van der Waals surface area contributed by atoms with Crippen LogP contribution in [0.15, 0.2) is 0 Å². The topological polar surface area (TPSA) is 18.5 Å². The molecule has 0 aromatic carbocycles. The SMILES string of the molecule is FC(F)(F)C(F)(F)C(F)(F)C(F)(F)C(F)(F)COCC1CCCO1. The average Bonchev–Trinajstić information content (AvgIpc) is 2.89. The summed E-state index contributed by atoms with van der Waals surface area (Å²) in [6, 6.07) is 0. The molecule has 0 spiro atoms. The Hall–Kier alpha value is -0.850. The van der Waals surface area contributed by atoms with E-state index >= 15 is 0 Å². The van der Waals surface area contributed by atoms with Crippen LogP contribution in [0.1, 0.15) is 12.8 Å². The standard InChI is InChI=1S/C11H11F11O2/c12-7(13,5-23-4-6-2-1-3-24-6)8(14,15)9(16,17)10(18,19)11(20,21)22/h6H,1-5H2. The Morgan fingerprint density at radius 3 is 1.75 bits per heavy atom. The predicted molar refractivity (Wildman–Crippen MR) is 55.6 cm³/mol. The number of hydrogen-bond acceptors (Lipinski definition) is 2. The fourth-order valence-corrected chi connectivity index (χ4v) is 1.79. The van der Waals surface area contributed by atoms with Crippen molar-refractivity contribution < 1.29 is 57.8 Å². The van der Waals surface area contributed by atoms with E-state index in [1.165, 1.54) is 0 Å². The first kappa shape index (κ1) is 21.2. The minimum atomic E-state index is -7.39. The molecule has 1 atom stereocenters. The highest BCUT2D eigenvalue weighted by Gasteiger charge is 2.87. The molecule has 0 radical (unpaired) electrons. The molecule has 1 rings (SSSR count). The highest BCUT2D eigenvalue weighted by molar-refractivity contribution is 5.06. The summed E-state index contributed by atoms with van der Waals surface area (Å²) in [6.45, 7) is -2.99. The van der Waals surface area contributed by atoms with Gasteiger partial charge in [0.2, 0.25) is 0 Å². The Morgan fingerprint density at radius 2 is 1.33 bits per heavy atom. The van der Waals surface area contributed by atoms with E-state index in [0.717, 1.165) is 0 Å². The van der Waals surface area contributed by atoms with E-state index < -0.39 is 49.2 Å². The predicted octanol–water partition coefficient (Wildman–Crippen LogP) is 4.29. The normalized spacial score (nSPS) is 21.4. The van der Waals surface area contributed by atoms with Crippen LogP contribution in [0.5, 0.6) is 0 Å². The Balaban J connectivity index is 2.89. The molecule has 0 aliphatic carbocycles. The zero-order valence-corrected chi connectivity index (χ0v) is 11.6. The van der Waals surface area contributed by atoms with Gasteiger partial charge in [-0.05, 0) is 12.8 Å². The first-order valence-corrected chi connectivity index (χ1v) is 6.35. The van der Waals surface area contributed by atoms with Crippen molar-refractivity contribution in [3.8, 4) is 0 Å². The molecule has 0 bridgehead atoms. The van der Waals surface area contributed by atoms with Crippen molar-refractivity contribution in [2.75, 3.05) is 19.8 Å². The fourth-order valence-electron chi connectivity index (χ4n) is 1.79. The molecule has 1 heterocycles. The van der Waals surface area contributed by atoms with E-state index in [4.69, 9.17) is 4.74 Å². The van der Waals surface area contributed by atoms with Gasteiger partial charge in [0.1, 0.15) is 6.61 Å². The van der Waals surface area contributed by atoms with Crippen LogP contribution in [0.25, 0.3) is 0 Å². The molecule has 1 saturated heterocycles. The molecule has 0 amide bonds. The first-order chi connectivity index (χ1) is 10.6. The van der Waals surface area contributed by atoms with Gasteiger partial charge in [-0.25, -0.2) is 0 Å². The van der Waals surface area contributed by atoms with Crippen molar-refractivity contribution in [3.05, 3.63) is 0 Å². The van der Waals surface area contributed by atoms with Gasteiger partial charge in [-0.3, -0.25) is 0 Å². The van der Waals surface area contributed by atoms with Crippen LogP contribution in [-0.4, -0.2) is 55.8 Å². The maximum atomic E-state index is 13.2. The summed E-state index contributed by atoms with van der Waals surface area (Å²) in [7, 11) is 0. The molecule has 1 fully saturated rings. The maximum absolute atomic E-state index is 13.2. The van der Waals surface area contributed by atoms with Crippen molar-refractivity contribution >= 4 is 0 Å². The number of halogens is 11. The van der Waals surface area contributed by atoms with Crippen molar-refractivity contribution in [1.82, 2.24) is 0 Å². The van der Waals surface area contributed by atoms with Gasteiger partial charge in [0.05, 0.1) is 12.7 Å². The summed E-state index contributed by atoms with van der Waals surface area (Å²) in [4.78, 5) is 0. The molecule has 144 valence electrons. The maximum Gasteiger partial charge on any atom is 0.460 e. The van der Waals surface area contributed by atoms with Crippen molar-refractivity contribution in [2.24, 2.45) is 0 Å². The third-order valence-electron chi connectivity index (χ3n) is 3.22. The average molecular weight is 384 g/mol. The van der Waals surface area contributed by atoms with Gasteiger partial charge in [-0.1, -0.05) is 0 Å². The van der Waals surface area contributed by atoms with E-state index in [0.29, 0.717) is 12.8 Å². The third kappa shape index (κ3) is 3.55. The molecular formula is C11H11F11O2. The van der Waals surface area contributed by atoms with Gasteiger partial charge in [0, 0.05) is 6.61 Å². The molecule has 1 aliphatic rings. The zero-order chi connectivity index (χ0) is 19.0. The van der Waals surface area contributed by atoms with Crippen LogP contribution in [-0.2, 0) is 9.47 Å². The van der Waals surface area contributed by atoms with Crippen molar-refractivity contribution in [3.63, 3.8) is 0 Å². The molecular weight excluding hydrogens is 373 g/mol. The summed E-state index contributed by atoms with van der Waals surface area (Å²) in [5.74, 6) is -27.8. The van der Waals surface area contributed by atoms with Crippen LogP contribution in [0, 0.1) is 0 Å². The fraction of sp³-hybridized carbons (Fsp3) is 1.00. The summed E-state index contributed by atoms with van der Waals surface area (Å²) in [6.07, 6.45) is -7.15. The largest absolute Gasteiger partial charge is 0.460 e. The van der Waals surface area contributed by atoms with Gasteiger partial charge in [0.25, 0.3) is 0 Å². The minimum absolute atomic E-state index is 0.219. The van der Waals surface area contributed by atoms with E-state index in [1.807, 2.05) is 0 Å². The van der Waals surface area contributed by atoms with Crippen molar-refractivity contribution in [1.29, 1.82) is 0 Å². The Labute approximate surface area is 127 Å². The first-order valence-electron chi connectivity index (χ1n) is 6.35. The number of ether oxygens (including phenoxy) is 2. The summed E-state index contributed by atoms with van der Waals surface area (Å²) < 4.78 is 148. The smallest absolute Gasteiger partial charge is 0.376 e. The second-order valence-corrected chi connectivity index (χ2v) is 5.08. The molecule has 0 aromatic heterocycles. The number of hydrogen-bond donors (Lipinski definition) is 0. The lowest BCUT2D eigenvalue weighted by molar-refractivity contribution is -0.424. The highest BCUT2D eigenvalue weighted by atomic mass is 19.4. The van der Waals surface area contributed by atoms with E-state index in [2.05, 4.69) is 4.74 Å². The zero-order valence-electron chi connectivity index (χ0n) is 11.6. The van der Waals surface area contributed by atoms with Crippen LogP contribution < -0.4 is 0 Å². The molecule has 13 heteroatoms. The van der Waals surface area contributed by atoms with Gasteiger partial charge in [-0.15, -0.1) is 0 Å². The second-order valence-electron chi connectivity index (χ2n) is 5.08. The van der Waals surface area contributed by atoms with E-state index in [-0.39, 0.29) is 6.61 Å². The number of rotatable bonds is 7. The van der Waals surface area contributed by atoms with Crippen molar-refractivity contribution in [2.45, 2.75) is 48.8 Å². The molecule has 0 N–H and O–H groups in total. The van der Waals surface area contributed by atoms with Gasteiger partial charge in [0.15, 0.2) is 0 Å². The Kier molecular flexibility index (Phi) is 5.71. The minimum Gasteiger partial charge on any atom is -0.376 e. The lowest BCUT2D eigenvalue weighted by Gasteiger charge is -2.37. The Morgan fingerprint density at radius 1 is 0.792 bits per heavy atom. The van der Waals surface area contributed by atoms with Gasteiger partial charge in [-0.2, -0.15) is 48.3 Å². The molecule has 0 aromatic rings. The van der Waals surface area contributed by atoms with Crippen LogP contribution in [0.3, 0.4) is 0 Å². The lowest BCUT2D eigenvalue weighted by Crippen LogP contribution is -2.67.